The average molecular weight is 465 g/mol. The molecule has 0 saturated carbocycles. The van der Waals surface area contributed by atoms with Crippen LogP contribution in [0.5, 0.6) is 0 Å². The third-order valence-corrected chi connectivity index (χ3v) is 6.79. The maximum absolute atomic E-state index is 9.12. The summed E-state index contributed by atoms with van der Waals surface area (Å²) in [6, 6.07) is 27.1. The van der Waals surface area contributed by atoms with Gasteiger partial charge in [-0.2, -0.15) is 0 Å². The van der Waals surface area contributed by atoms with E-state index in [-0.39, 0.29) is 5.41 Å². The Morgan fingerprint density at radius 3 is 2.34 bits per heavy atom. The second-order valence-corrected chi connectivity index (χ2v) is 10.1. The lowest BCUT2D eigenvalue weighted by molar-refractivity contribution is -0.107. The zero-order chi connectivity index (χ0) is 24.5. The number of nitrogens with zero attached hydrogens (tertiary/aromatic N) is 2. The molecule has 0 aliphatic carbocycles. The molecular formula is C30H32N4O. The van der Waals surface area contributed by atoms with Gasteiger partial charge in [-0.3, -0.25) is 5.41 Å². The second kappa shape index (κ2) is 9.16. The van der Waals surface area contributed by atoms with Crippen molar-refractivity contribution in [2.75, 3.05) is 6.54 Å². The number of imidazole rings is 1. The molecule has 3 aromatic carbocycles. The van der Waals surface area contributed by atoms with Gasteiger partial charge in [0.1, 0.15) is 5.84 Å². The number of ether oxygens (including phenoxy) is 1. The molecule has 1 atom stereocenters. The molecule has 0 bridgehead atoms. The SMILES string of the molecule is CC(C)(C)c1ccc(COC2(c3ccccc3)c3ccccc3C(=N)N2CCc2cnc[nH]2)cc1. The van der Waals surface area contributed by atoms with Gasteiger partial charge in [-0.15, -0.1) is 0 Å². The zero-order valence-corrected chi connectivity index (χ0v) is 20.6. The van der Waals surface area contributed by atoms with Crippen LogP contribution in [0.15, 0.2) is 91.4 Å². The number of amidine groups is 1. The van der Waals surface area contributed by atoms with Gasteiger partial charge in [0.05, 0.1) is 12.9 Å². The van der Waals surface area contributed by atoms with Gasteiger partial charge >= 0.3 is 0 Å². The second-order valence-electron chi connectivity index (χ2n) is 10.1. The van der Waals surface area contributed by atoms with Crippen molar-refractivity contribution in [3.05, 3.63) is 125 Å². The van der Waals surface area contributed by atoms with Crippen molar-refractivity contribution in [2.45, 2.75) is 44.9 Å². The smallest absolute Gasteiger partial charge is 0.196 e. The standard InChI is InChI=1S/C30H32N4O/c1-29(2,3)23-15-13-22(14-16-23)20-35-30(24-9-5-4-6-10-24)27-12-8-7-11-26(27)28(31)34(30)18-17-25-19-32-21-33-25/h4-16,19,21,31H,17-18,20H2,1-3H3,(H,32,33). The summed E-state index contributed by atoms with van der Waals surface area (Å²) in [6.07, 6.45) is 4.27. The Morgan fingerprint density at radius 2 is 1.66 bits per heavy atom. The van der Waals surface area contributed by atoms with E-state index >= 15 is 0 Å². The van der Waals surface area contributed by atoms with Crippen molar-refractivity contribution in [3.8, 4) is 0 Å². The van der Waals surface area contributed by atoms with E-state index in [0.29, 0.717) is 19.0 Å². The van der Waals surface area contributed by atoms with Crippen molar-refractivity contribution in [1.82, 2.24) is 14.9 Å². The van der Waals surface area contributed by atoms with Crippen LogP contribution in [-0.4, -0.2) is 27.2 Å². The third kappa shape index (κ3) is 4.28. The molecule has 178 valence electrons. The van der Waals surface area contributed by atoms with Gasteiger partial charge < -0.3 is 14.6 Å². The fourth-order valence-corrected chi connectivity index (χ4v) is 4.86. The summed E-state index contributed by atoms with van der Waals surface area (Å²) in [5.41, 5.74) is 5.59. The van der Waals surface area contributed by atoms with Crippen molar-refractivity contribution in [3.63, 3.8) is 0 Å². The first-order valence-electron chi connectivity index (χ1n) is 12.1. The van der Waals surface area contributed by atoms with Gasteiger partial charge in [0.2, 0.25) is 0 Å². The summed E-state index contributed by atoms with van der Waals surface area (Å²) < 4.78 is 6.93. The number of hydrogen-bond acceptors (Lipinski definition) is 3. The largest absolute Gasteiger partial charge is 0.348 e. The Balaban J connectivity index is 1.55. The minimum atomic E-state index is -0.891. The number of H-pyrrole nitrogens is 1. The van der Waals surface area contributed by atoms with E-state index in [1.807, 2.05) is 42.6 Å². The number of benzene rings is 3. The molecule has 0 radical (unpaired) electrons. The van der Waals surface area contributed by atoms with E-state index in [0.717, 1.165) is 34.4 Å². The summed E-state index contributed by atoms with van der Waals surface area (Å²) in [6.45, 7) is 7.72. The first-order valence-corrected chi connectivity index (χ1v) is 12.1. The van der Waals surface area contributed by atoms with Gasteiger partial charge in [0, 0.05) is 41.5 Å². The zero-order valence-electron chi connectivity index (χ0n) is 20.6. The highest BCUT2D eigenvalue weighted by Crippen LogP contribution is 2.45. The lowest BCUT2D eigenvalue weighted by atomic mass is 9.87. The Morgan fingerprint density at radius 1 is 0.943 bits per heavy atom. The molecule has 0 amide bonds. The lowest BCUT2D eigenvalue weighted by Gasteiger charge is -2.40. The molecule has 2 heterocycles. The molecule has 1 unspecified atom stereocenters. The summed E-state index contributed by atoms with van der Waals surface area (Å²) in [5.74, 6) is 0.479. The van der Waals surface area contributed by atoms with Crippen molar-refractivity contribution in [1.29, 1.82) is 5.41 Å². The Kier molecular flexibility index (Phi) is 6.03. The summed E-state index contributed by atoms with van der Waals surface area (Å²) >= 11 is 0. The molecule has 1 aliphatic heterocycles. The van der Waals surface area contributed by atoms with E-state index in [1.165, 1.54) is 5.56 Å². The molecule has 5 heteroatoms. The molecular weight excluding hydrogens is 432 g/mol. The summed E-state index contributed by atoms with van der Waals surface area (Å²) in [4.78, 5) is 9.45. The predicted octanol–water partition coefficient (Wildman–Crippen LogP) is 6.01. The van der Waals surface area contributed by atoms with Gasteiger partial charge in [-0.1, -0.05) is 99.6 Å². The maximum Gasteiger partial charge on any atom is 0.196 e. The van der Waals surface area contributed by atoms with Crippen molar-refractivity contribution in [2.24, 2.45) is 0 Å². The van der Waals surface area contributed by atoms with Crippen LogP contribution in [0.3, 0.4) is 0 Å². The summed E-state index contributed by atoms with van der Waals surface area (Å²) in [7, 11) is 0. The number of aromatic nitrogens is 2. The van der Waals surface area contributed by atoms with Crippen LogP contribution in [-0.2, 0) is 28.9 Å². The Labute approximate surface area is 207 Å². The minimum Gasteiger partial charge on any atom is -0.348 e. The highest BCUT2D eigenvalue weighted by Gasteiger charge is 2.50. The molecule has 5 rings (SSSR count). The van der Waals surface area contributed by atoms with E-state index in [1.54, 1.807) is 6.33 Å². The number of aromatic amines is 1. The van der Waals surface area contributed by atoms with Gasteiger partial charge in [-0.05, 0) is 16.5 Å². The molecule has 1 aromatic heterocycles. The fourth-order valence-electron chi connectivity index (χ4n) is 4.86. The fraction of sp³-hybridized carbons (Fsp3) is 0.267. The van der Waals surface area contributed by atoms with E-state index in [9.17, 15) is 0 Å². The number of hydrogen-bond donors (Lipinski definition) is 2. The number of fused-ring (bicyclic) bond motifs is 1. The molecule has 0 fully saturated rings. The Hall–Kier alpha value is -3.70. The van der Waals surface area contributed by atoms with E-state index in [2.05, 4.69) is 78.1 Å². The van der Waals surface area contributed by atoms with Crippen LogP contribution in [0.1, 0.15) is 54.3 Å². The van der Waals surface area contributed by atoms with Crippen molar-refractivity contribution >= 4 is 5.84 Å². The molecule has 4 aromatic rings. The van der Waals surface area contributed by atoms with Gasteiger partial charge in [0.15, 0.2) is 5.72 Å². The number of rotatable bonds is 7. The maximum atomic E-state index is 9.12. The number of nitrogens with one attached hydrogen (secondary N) is 2. The van der Waals surface area contributed by atoms with E-state index < -0.39 is 5.72 Å². The highest BCUT2D eigenvalue weighted by atomic mass is 16.5. The molecule has 35 heavy (non-hydrogen) atoms. The van der Waals surface area contributed by atoms with Crippen LogP contribution in [0, 0.1) is 5.41 Å². The van der Waals surface area contributed by atoms with Gasteiger partial charge in [0.25, 0.3) is 0 Å². The van der Waals surface area contributed by atoms with Crippen LogP contribution in [0.2, 0.25) is 0 Å². The first-order chi connectivity index (χ1) is 16.9. The minimum absolute atomic E-state index is 0.105. The van der Waals surface area contributed by atoms with Crippen molar-refractivity contribution < 1.29 is 4.74 Å². The molecule has 0 saturated heterocycles. The van der Waals surface area contributed by atoms with Crippen LogP contribution in [0.4, 0.5) is 0 Å². The first kappa shape index (κ1) is 23.1. The Bertz CT molecular complexity index is 1290. The molecule has 1 aliphatic rings. The average Bonchev–Trinajstić information content (AvgIpc) is 3.47. The monoisotopic (exact) mass is 464 g/mol. The topological polar surface area (TPSA) is 65.0 Å². The molecule has 2 N–H and O–H groups in total. The van der Waals surface area contributed by atoms with E-state index in [4.69, 9.17) is 10.1 Å². The normalized spacial score (nSPS) is 17.6. The van der Waals surface area contributed by atoms with Crippen LogP contribution >= 0.6 is 0 Å². The predicted molar refractivity (Wildman–Crippen MR) is 139 cm³/mol. The lowest BCUT2D eigenvalue weighted by Crippen LogP contribution is -2.47. The molecule has 5 nitrogen and oxygen atoms in total. The highest BCUT2D eigenvalue weighted by molar-refractivity contribution is 6.02. The summed E-state index contributed by atoms with van der Waals surface area (Å²) in [5, 5.41) is 9.12. The van der Waals surface area contributed by atoms with Gasteiger partial charge in [-0.25, -0.2) is 4.98 Å². The molecule has 0 spiro atoms. The third-order valence-electron chi connectivity index (χ3n) is 6.79. The quantitative estimate of drug-likeness (QED) is 0.352. The van der Waals surface area contributed by atoms with Crippen LogP contribution in [0.25, 0.3) is 0 Å². The van der Waals surface area contributed by atoms with Crippen LogP contribution < -0.4 is 0 Å².